The van der Waals surface area contributed by atoms with E-state index in [0.717, 1.165) is 10.0 Å². The second kappa shape index (κ2) is 11.2. The number of aromatic hydroxyl groups is 1. The van der Waals surface area contributed by atoms with E-state index in [2.05, 4.69) is 31.1 Å². The van der Waals surface area contributed by atoms with Gasteiger partial charge in [-0.25, -0.2) is 8.42 Å². The number of anilines is 1. The van der Waals surface area contributed by atoms with Crippen molar-refractivity contribution in [3.8, 4) is 5.88 Å². The number of nitrogens with zero attached hydrogens (tertiary/aromatic N) is 3. The smallest absolute Gasteiger partial charge is 0.297 e. The molecule has 5 aromatic rings. The van der Waals surface area contributed by atoms with Gasteiger partial charge in [-0.3, -0.25) is 9.10 Å². The zero-order valence-corrected chi connectivity index (χ0v) is 24.2. The van der Waals surface area contributed by atoms with Gasteiger partial charge in [0.05, 0.1) is 28.2 Å². The lowest BCUT2D eigenvalue weighted by Gasteiger charge is -2.26. The maximum atomic E-state index is 14.0. The van der Waals surface area contributed by atoms with E-state index in [9.17, 15) is 18.3 Å². The van der Waals surface area contributed by atoms with Gasteiger partial charge >= 0.3 is 0 Å². The minimum atomic E-state index is -4.11. The summed E-state index contributed by atoms with van der Waals surface area (Å²) in [7, 11) is -4.11. The van der Waals surface area contributed by atoms with Crippen molar-refractivity contribution in [2.75, 3.05) is 4.31 Å². The van der Waals surface area contributed by atoms with Crippen LogP contribution in [0.1, 0.15) is 21.5 Å². The number of nitrogens with one attached hydrogen (secondary N) is 1. The molecule has 0 saturated carbocycles. The average molecular weight is 638 g/mol. The summed E-state index contributed by atoms with van der Waals surface area (Å²) in [6, 6.07) is 24.9. The Morgan fingerprint density at radius 2 is 1.70 bits per heavy atom. The first kappa shape index (κ1) is 27.6. The number of azo groups is 1. The molecule has 0 radical (unpaired) electrons. The number of sulfonamides is 1. The monoisotopic (exact) mass is 636 g/mol. The van der Waals surface area contributed by atoms with Crippen LogP contribution in [-0.4, -0.2) is 24.4 Å². The van der Waals surface area contributed by atoms with Crippen LogP contribution in [0.5, 0.6) is 5.88 Å². The molecule has 0 aliphatic rings. The van der Waals surface area contributed by atoms with E-state index in [1.54, 1.807) is 72.8 Å². The van der Waals surface area contributed by atoms with Crippen LogP contribution in [0.25, 0.3) is 10.9 Å². The number of aromatic nitrogens is 1. The number of carbonyl (C=O) groups is 1. The Hall–Kier alpha value is -3.99. The second-order valence-corrected chi connectivity index (χ2v) is 12.2. The summed E-state index contributed by atoms with van der Waals surface area (Å²) < 4.78 is 29.8. The fraction of sp³-hybridized carbons (Fsp3) is 0.0690. The predicted octanol–water partition coefficient (Wildman–Crippen LogP) is 7.92. The molecule has 0 aliphatic carbocycles. The first-order valence-electron chi connectivity index (χ1n) is 12.0. The van der Waals surface area contributed by atoms with E-state index in [0.29, 0.717) is 21.5 Å². The van der Waals surface area contributed by atoms with Crippen LogP contribution >= 0.6 is 27.5 Å². The molecule has 1 aromatic heterocycles. The van der Waals surface area contributed by atoms with E-state index in [1.165, 1.54) is 22.5 Å². The van der Waals surface area contributed by atoms with Crippen LogP contribution in [0.4, 0.5) is 11.4 Å². The zero-order valence-electron chi connectivity index (χ0n) is 21.0. The van der Waals surface area contributed by atoms with Gasteiger partial charge in [0.15, 0.2) is 5.69 Å². The van der Waals surface area contributed by atoms with E-state index >= 15 is 0 Å². The third-order valence-corrected chi connectivity index (χ3v) is 8.73. The lowest BCUT2D eigenvalue weighted by molar-refractivity contribution is 0.0995. The number of benzene rings is 4. The van der Waals surface area contributed by atoms with Crippen LogP contribution in [-0.2, 0) is 16.6 Å². The highest BCUT2D eigenvalue weighted by Gasteiger charge is 2.29. The van der Waals surface area contributed by atoms with Crippen molar-refractivity contribution in [1.29, 1.82) is 0 Å². The molecule has 0 unspecified atom stereocenters. The fourth-order valence-electron chi connectivity index (χ4n) is 4.15. The summed E-state index contributed by atoms with van der Waals surface area (Å²) in [6.45, 7) is 1.80. The van der Waals surface area contributed by atoms with Crippen molar-refractivity contribution < 1.29 is 18.3 Å². The predicted molar refractivity (Wildman–Crippen MR) is 159 cm³/mol. The quantitative estimate of drug-likeness (QED) is 0.176. The molecule has 8 nitrogen and oxygen atoms in total. The topological polar surface area (TPSA) is 115 Å². The lowest BCUT2D eigenvalue weighted by atomic mass is 10.1. The third kappa shape index (κ3) is 5.65. The first-order valence-corrected chi connectivity index (χ1v) is 14.6. The molecule has 4 aromatic carbocycles. The highest BCUT2D eigenvalue weighted by atomic mass is 79.9. The van der Waals surface area contributed by atoms with Crippen LogP contribution in [0, 0.1) is 6.92 Å². The minimum absolute atomic E-state index is 0.0245. The Morgan fingerprint density at radius 3 is 2.42 bits per heavy atom. The number of carbonyl (C=O) groups excluding carboxylic acids is 1. The molecule has 1 amide bonds. The molecular weight excluding hydrogens is 616 g/mol. The second-order valence-electron chi connectivity index (χ2n) is 8.99. The van der Waals surface area contributed by atoms with Gasteiger partial charge in [0.1, 0.15) is 0 Å². The number of H-pyrrole nitrogens is 1. The van der Waals surface area contributed by atoms with Crippen molar-refractivity contribution in [1.82, 2.24) is 4.98 Å². The van der Waals surface area contributed by atoms with Gasteiger partial charge in [-0.1, -0.05) is 69.5 Å². The minimum Gasteiger partial charge on any atom is -0.493 e. The molecule has 0 bridgehead atoms. The molecule has 0 spiro atoms. The fourth-order valence-corrected chi connectivity index (χ4v) is 6.11. The summed E-state index contributed by atoms with van der Waals surface area (Å²) in [6.07, 6.45) is 0. The third-order valence-electron chi connectivity index (χ3n) is 6.21. The van der Waals surface area contributed by atoms with Gasteiger partial charge in [0, 0.05) is 14.9 Å². The van der Waals surface area contributed by atoms with E-state index in [1.807, 2.05) is 6.92 Å². The normalized spacial score (nSPS) is 11.8. The highest BCUT2D eigenvalue weighted by Crippen LogP contribution is 2.37. The highest BCUT2D eigenvalue weighted by molar-refractivity contribution is 9.10. The van der Waals surface area contributed by atoms with Crippen molar-refractivity contribution in [3.63, 3.8) is 0 Å². The van der Waals surface area contributed by atoms with Crippen LogP contribution in [0.3, 0.4) is 0 Å². The van der Waals surface area contributed by atoms with Crippen LogP contribution < -0.4 is 4.31 Å². The summed E-state index contributed by atoms with van der Waals surface area (Å²) in [5, 5.41) is 19.3. The van der Waals surface area contributed by atoms with Gasteiger partial charge in [-0.15, -0.1) is 10.2 Å². The zero-order chi connectivity index (χ0) is 28.4. The van der Waals surface area contributed by atoms with Gasteiger partial charge < -0.3 is 10.1 Å². The Bertz CT molecular complexity index is 1850. The maximum absolute atomic E-state index is 14.0. The van der Waals surface area contributed by atoms with Crippen molar-refractivity contribution >= 4 is 65.7 Å². The SMILES string of the molecule is Cc1ccc(S(=O)(=O)N(Cc2ccc(Cl)cc2)c2ccccc2C(=O)N=Nc2c(O)[nH]c3ccc(Br)cc23)cc1. The van der Waals surface area contributed by atoms with E-state index in [4.69, 9.17) is 11.6 Å². The molecule has 0 fully saturated rings. The summed E-state index contributed by atoms with van der Waals surface area (Å²) in [5.74, 6) is -1.02. The number of para-hydroxylation sites is 1. The Morgan fingerprint density at radius 1 is 1.00 bits per heavy atom. The number of hydrogen-bond donors (Lipinski definition) is 2. The van der Waals surface area contributed by atoms with Crippen LogP contribution in [0.15, 0.2) is 111 Å². The molecule has 11 heteroatoms. The number of rotatable bonds is 7. The number of aromatic amines is 1. The van der Waals surface area contributed by atoms with E-state index in [-0.39, 0.29) is 34.3 Å². The first-order chi connectivity index (χ1) is 19.1. The van der Waals surface area contributed by atoms with Gasteiger partial charge in [-0.05, 0) is 67.1 Å². The van der Waals surface area contributed by atoms with Gasteiger partial charge in [-0.2, -0.15) is 0 Å². The summed E-state index contributed by atoms with van der Waals surface area (Å²) >= 11 is 9.43. The maximum Gasteiger partial charge on any atom is 0.297 e. The Balaban J connectivity index is 1.58. The molecule has 202 valence electrons. The van der Waals surface area contributed by atoms with Gasteiger partial charge in [0.2, 0.25) is 5.88 Å². The van der Waals surface area contributed by atoms with E-state index < -0.39 is 15.9 Å². The molecule has 1 heterocycles. The van der Waals surface area contributed by atoms with Crippen molar-refractivity contribution in [3.05, 3.63) is 117 Å². The molecule has 0 atom stereocenters. The molecule has 5 rings (SSSR count). The number of aryl methyl sites for hydroxylation is 1. The number of amides is 1. The summed E-state index contributed by atoms with van der Waals surface area (Å²) in [4.78, 5) is 16.3. The van der Waals surface area contributed by atoms with Crippen molar-refractivity contribution in [2.45, 2.75) is 18.4 Å². The standard InChI is InChI=1S/C29H22BrClN4O4S/c1-18-6-13-22(14-7-18)40(38,39)35(17-19-8-11-21(31)12-9-19)26-5-3-2-4-23(26)28(36)34-33-27-24-16-20(30)10-15-25(24)32-29(27)37/h2-16,32,37H,17H2,1H3. The van der Waals surface area contributed by atoms with Crippen LogP contribution in [0.2, 0.25) is 5.02 Å². The lowest BCUT2D eigenvalue weighted by Crippen LogP contribution is -2.31. The largest absolute Gasteiger partial charge is 0.493 e. The number of hydrogen-bond acceptors (Lipinski definition) is 5. The average Bonchev–Trinajstić information content (AvgIpc) is 3.25. The number of fused-ring (bicyclic) bond motifs is 1. The van der Waals surface area contributed by atoms with Gasteiger partial charge in [0.25, 0.3) is 15.9 Å². The molecule has 0 aliphatic heterocycles. The Labute approximate surface area is 244 Å². The molecule has 0 saturated heterocycles. The Kier molecular flexibility index (Phi) is 7.75. The molecular formula is C29H22BrClN4O4S. The molecule has 2 N–H and O–H groups in total. The van der Waals surface area contributed by atoms with Crippen molar-refractivity contribution in [2.24, 2.45) is 10.2 Å². The summed E-state index contributed by atoms with van der Waals surface area (Å²) in [5.41, 5.74) is 2.43. The molecule has 40 heavy (non-hydrogen) atoms. The number of halogens is 2.